The zero-order chi connectivity index (χ0) is 28.5. The van der Waals surface area contributed by atoms with E-state index in [2.05, 4.69) is 20.7 Å². The Labute approximate surface area is 230 Å². The number of nitrogens with one attached hydrogen (secondary N) is 3. The summed E-state index contributed by atoms with van der Waals surface area (Å²) in [4.78, 5) is 66.2. The van der Waals surface area contributed by atoms with Gasteiger partial charge in [0.1, 0.15) is 23.6 Å². The molecule has 40 heavy (non-hydrogen) atoms. The lowest BCUT2D eigenvalue weighted by molar-refractivity contribution is -0.175. The number of hydrogen-bond donors (Lipinski definition) is 3. The zero-order valence-electron chi connectivity index (χ0n) is 21.6. The van der Waals surface area contributed by atoms with E-state index in [1.807, 2.05) is 30.3 Å². The van der Waals surface area contributed by atoms with Crippen molar-refractivity contribution in [2.75, 3.05) is 18.4 Å². The normalized spacial score (nSPS) is 18.5. The van der Waals surface area contributed by atoms with Gasteiger partial charge < -0.3 is 26.2 Å². The Bertz CT molecular complexity index is 1310. The lowest BCUT2D eigenvalue weighted by atomic mass is 10.1. The molecule has 2 aromatic carbocycles. The molecule has 0 radical (unpaired) electrons. The SMILES string of the molecule is [N-]=[N+]=CC(=O)CCNC(=O)[C@@H]1CCCN2C(=O)CCC(NC(=O)Nc3ccc(Oc4ccccc4)cc3)C(=O)N12. The number of rotatable bonds is 9. The predicted octanol–water partition coefficient (Wildman–Crippen LogP) is 1.87. The molecule has 13 heteroatoms. The second-order valence-corrected chi connectivity index (χ2v) is 9.24. The first-order valence-electron chi connectivity index (χ1n) is 12.9. The predicted molar refractivity (Wildman–Crippen MR) is 142 cm³/mol. The number of hydrogen-bond acceptors (Lipinski definition) is 6. The number of ether oxygens (including phenoxy) is 1. The summed E-state index contributed by atoms with van der Waals surface area (Å²) in [5.74, 6) is -0.652. The lowest BCUT2D eigenvalue weighted by Gasteiger charge is -2.42. The number of hydrazine groups is 1. The topological polar surface area (TPSA) is 174 Å². The number of Topliss-reactive ketones (excluding diaryl/α,β-unsaturated/α-hetero) is 1. The molecule has 0 spiro atoms. The Kier molecular flexibility index (Phi) is 9.21. The fourth-order valence-corrected chi connectivity index (χ4v) is 4.52. The van der Waals surface area contributed by atoms with E-state index >= 15 is 0 Å². The monoisotopic (exact) mass is 547 g/mol. The largest absolute Gasteiger partial charge is 0.457 e. The molecule has 5 amide bonds. The van der Waals surface area contributed by atoms with Crippen molar-refractivity contribution < 1.29 is 33.5 Å². The van der Waals surface area contributed by atoms with Crippen LogP contribution in [-0.2, 0) is 19.2 Å². The van der Waals surface area contributed by atoms with Crippen LogP contribution in [0.3, 0.4) is 0 Å². The maximum Gasteiger partial charge on any atom is 0.323 e. The van der Waals surface area contributed by atoms with E-state index in [9.17, 15) is 24.0 Å². The van der Waals surface area contributed by atoms with Crippen molar-refractivity contribution in [1.29, 1.82) is 0 Å². The number of amides is 5. The second kappa shape index (κ2) is 13.2. The minimum absolute atomic E-state index is 0.0159. The highest BCUT2D eigenvalue weighted by atomic mass is 16.5. The summed E-state index contributed by atoms with van der Waals surface area (Å²) in [6.07, 6.45) is 1.55. The summed E-state index contributed by atoms with van der Waals surface area (Å²) < 4.78 is 5.74. The van der Waals surface area contributed by atoms with Crippen molar-refractivity contribution in [2.24, 2.45) is 0 Å². The molecule has 2 aliphatic rings. The molecule has 2 aromatic rings. The van der Waals surface area contributed by atoms with Crippen molar-refractivity contribution in [3.05, 3.63) is 60.1 Å². The lowest BCUT2D eigenvalue weighted by Crippen LogP contribution is -2.63. The van der Waals surface area contributed by atoms with Gasteiger partial charge in [-0.25, -0.2) is 9.80 Å². The second-order valence-electron chi connectivity index (χ2n) is 9.24. The van der Waals surface area contributed by atoms with Crippen molar-refractivity contribution in [1.82, 2.24) is 20.7 Å². The molecule has 0 saturated carbocycles. The van der Waals surface area contributed by atoms with Gasteiger partial charge in [0, 0.05) is 31.6 Å². The maximum absolute atomic E-state index is 13.5. The van der Waals surface area contributed by atoms with E-state index in [0.717, 1.165) is 11.2 Å². The number of anilines is 1. The third-order valence-corrected chi connectivity index (χ3v) is 6.43. The van der Waals surface area contributed by atoms with E-state index in [1.54, 1.807) is 24.3 Å². The number of ketones is 1. The first kappa shape index (κ1) is 28.0. The number of nitrogens with zero attached hydrogens (tertiary/aromatic N) is 4. The molecule has 0 aromatic heterocycles. The third kappa shape index (κ3) is 7.08. The number of carbonyl (C=O) groups is 5. The van der Waals surface area contributed by atoms with E-state index in [0.29, 0.717) is 30.0 Å². The number of urea groups is 1. The Balaban J connectivity index is 1.38. The molecule has 2 fully saturated rings. The van der Waals surface area contributed by atoms with Crippen LogP contribution >= 0.6 is 0 Å². The Morgan fingerprint density at radius 2 is 1.75 bits per heavy atom. The van der Waals surface area contributed by atoms with Crippen LogP contribution in [0.5, 0.6) is 11.5 Å². The number of fused-ring (bicyclic) bond motifs is 1. The average molecular weight is 548 g/mol. The Morgan fingerprint density at radius 1 is 1.02 bits per heavy atom. The van der Waals surface area contributed by atoms with Crippen LogP contribution < -0.4 is 20.7 Å². The fourth-order valence-electron chi connectivity index (χ4n) is 4.52. The number of para-hydroxylation sites is 1. The molecule has 1 unspecified atom stereocenters. The summed E-state index contributed by atoms with van der Waals surface area (Å²) in [5, 5.41) is 10.3. The molecule has 13 nitrogen and oxygen atoms in total. The van der Waals surface area contributed by atoms with Crippen LogP contribution in [0.4, 0.5) is 10.5 Å². The molecule has 3 N–H and O–H groups in total. The van der Waals surface area contributed by atoms with Crippen molar-refractivity contribution in [2.45, 2.75) is 44.2 Å². The molecular formula is C27H29N7O6. The molecule has 208 valence electrons. The molecule has 2 atom stereocenters. The van der Waals surface area contributed by atoms with Crippen LogP contribution in [-0.4, -0.2) is 75.7 Å². The highest BCUT2D eigenvalue weighted by Gasteiger charge is 2.44. The van der Waals surface area contributed by atoms with E-state index in [1.165, 1.54) is 5.01 Å². The highest BCUT2D eigenvalue weighted by molar-refractivity contribution is 6.25. The van der Waals surface area contributed by atoms with Gasteiger partial charge in [-0.1, -0.05) is 18.2 Å². The third-order valence-electron chi connectivity index (χ3n) is 6.43. The van der Waals surface area contributed by atoms with Crippen LogP contribution in [0.15, 0.2) is 54.6 Å². The van der Waals surface area contributed by atoms with Gasteiger partial charge in [-0.05, 0) is 55.7 Å². The van der Waals surface area contributed by atoms with E-state index < -0.39 is 35.7 Å². The summed E-state index contributed by atoms with van der Waals surface area (Å²) in [6.45, 7) is 0.242. The van der Waals surface area contributed by atoms with Gasteiger partial charge in [0.05, 0.1) is 0 Å². The van der Waals surface area contributed by atoms with Crippen LogP contribution in [0.2, 0.25) is 0 Å². The van der Waals surface area contributed by atoms with Crippen LogP contribution in [0.1, 0.15) is 32.1 Å². The molecule has 4 rings (SSSR count). The molecule has 2 saturated heterocycles. The van der Waals surface area contributed by atoms with Gasteiger partial charge in [0.2, 0.25) is 17.6 Å². The molecule has 0 aliphatic carbocycles. The minimum Gasteiger partial charge on any atom is -0.457 e. The van der Waals surface area contributed by atoms with Gasteiger partial charge >= 0.3 is 12.2 Å². The first-order valence-corrected chi connectivity index (χ1v) is 12.9. The number of carbonyl (C=O) groups excluding carboxylic acids is 5. The quantitative estimate of drug-likeness (QED) is 0.245. The Hall–Kier alpha value is -5.03. The molecule has 2 heterocycles. The summed E-state index contributed by atoms with van der Waals surface area (Å²) >= 11 is 0. The maximum atomic E-state index is 13.5. The van der Waals surface area contributed by atoms with E-state index in [-0.39, 0.29) is 38.3 Å². The number of benzene rings is 2. The van der Waals surface area contributed by atoms with Gasteiger partial charge in [-0.3, -0.25) is 24.2 Å². The Morgan fingerprint density at radius 3 is 2.48 bits per heavy atom. The minimum atomic E-state index is -1.04. The summed E-state index contributed by atoms with van der Waals surface area (Å²) in [7, 11) is 0. The van der Waals surface area contributed by atoms with Gasteiger partial charge in [0.15, 0.2) is 0 Å². The molecule has 0 bridgehead atoms. The van der Waals surface area contributed by atoms with E-state index in [4.69, 9.17) is 10.3 Å². The van der Waals surface area contributed by atoms with Gasteiger partial charge in [0.25, 0.3) is 5.91 Å². The summed E-state index contributed by atoms with van der Waals surface area (Å²) in [5.41, 5.74) is 8.90. The van der Waals surface area contributed by atoms with Crippen molar-refractivity contribution in [3.63, 3.8) is 0 Å². The fraction of sp³-hybridized carbons (Fsp3) is 0.333. The molecular weight excluding hydrogens is 518 g/mol. The average Bonchev–Trinajstić information content (AvgIpc) is 3.07. The first-order chi connectivity index (χ1) is 19.4. The van der Waals surface area contributed by atoms with Crippen molar-refractivity contribution >= 4 is 41.4 Å². The van der Waals surface area contributed by atoms with Crippen molar-refractivity contribution in [3.8, 4) is 11.5 Å². The van der Waals surface area contributed by atoms with Crippen LogP contribution in [0.25, 0.3) is 5.53 Å². The van der Waals surface area contributed by atoms with Crippen LogP contribution in [0, 0.1) is 0 Å². The van der Waals surface area contributed by atoms with Gasteiger partial charge in [-0.2, -0.15) is 4.79 Å². The standard InChI is InChI=1S/C27H29N7O6/c28-30-17-19(35)14-15-29-25(37)23-7-4-16-33-24(36)13-12-22(26(38)34(23)33)32-27(39)31-18-8-10-21(11-9-18)40-20-5-2-1-3-6-20/h1-3,5-6,8-11,17,22-23H,4,7,12-16H2,(H,29,37)(H2,31,32,39)/t22?,23-/m0/s1. The molecule has 2 aliphatic heterocycles. The smallest absolute Gasteiger partial charge is 0.323 e. The zero-order valence-corrected chi connectivity index (χ0v) is 21.6. The highest BCUT2D eigenvalue weighted by Crippen LogP contribution is 2.26. The summed E-state index contributed by atoms with van der Waals surface area (Å²) in [6, 6.07) is 13.3. The van der Waals surface area contributed by atoms with Gasteiger partial charge in [-0.15, -0.1) is 0 Å².